The van der Waals surface area contributed by atoms with Gasteiger partial charge in [0.1, 0.15) is 0 Å². The van der Waals surface area contributed by atoms with Crippen molar-refractivity contribution in [1.29, 1.82) is 0 Å². The quantitative estimate of drug-likeness (QED) is 0.661. The van der Waals surface area contributed by atoms with Crippen LogP contribution in [0.25, 0.3) is 0 Å². The molecule has 1 rings (SSSR count). The Hall–Kier alpha value is -1.06. The lowest BCUT2D eigenvalue weighted by Gasteiger charge is -2.26. The van der Waals surface area contributed by atoms with E-state index in [0.29, 0.717) is 6.61 Å². The molecule has 4 heteroatoms. The molecule has 3 nitrogen and oxygen atoms in total. The van der Waals surface area contributed by atoms with Gasteiger partial charge in [-0.2, -0.15) is 0 Å². The molecule has 0 aliphatic heterocycles. The zero-order valence-corrected chi connectivity index (χ0v) is 11.7. The van der Waals surface area contributed by atoms with Crippen molar-refractivity contribution in [2.75, 3.05) is 13.2 Å². The number of benzene rings is 1. The monoisotopic (exact) mass is 270 g/mol. The fraction of sp³-hybridized carbons (Fsp3) is 0.500. The van der Waals surface area contributed by atoms with E-state index in [9.17, 15) is 9.90 Å². The normalized spacial score (nSPS) is 13.2. The van der Waals surface area contributed by atoms with E-state index in [0.717, 1.165) is 11.1 Å². The van der Waals surface area contributed by atoms with E-state index in [4.69, 9.17) is 16.3 Å². The van der Waals surface area contributed by atoms with Crippen molar-refractivity contribution in [2.45, 2.75) is 31.6 Å². The molecule has 0 heterocycles. The molecule has 18 heavy (non-hydrogen) atoms. The maximum atomic E-state index is 12.0. The molecule has 0 saturated carbocycles. The van der Waals surface area contributed by atoms with Gasteiger partial charge in [0.05, 0.1) is 24.0 Å². The first-order valence-electron chi connectivity index (χ1n) is 5.96. The third-order valence-corrected chi connectivity index (χ3v) is 3.29. The van der Waals surface area contributed by atoms with Gasteiger partial charge in [0.2, 0.25) is 0 Å². The number of esters is 1. The van der Waals surface area contributed by atoms with Gasteiger partial charge in [-0.05, 0) is 31.9 Å². The molecule has 0 spiro atoms. The largest absolute Gasteiger partial charge is 0.465 e. The fourth-order valence-electron chi connectivity index (χ4n) is 1.86. The van der Waals surface area contributed by atoms with Crippen LogP contribution in [0.4, 0.5) is 0 Å². The molecule has 1 N–H and O–H groups in total. The molecule has 100 valence electrons. The summed E-state index contributed by atoms with van der Waals surface area (Å²) in [7, 11) is 0. The molecule has 1 aromatic rings. The molecule has 1 unspecified atom stereocenters. The minimum atomic E-state index is -0.783. The van der Waals surface area contributed by atoms with Crippen LogP contribution in [0.15, 0.2) is 24.3 Å². The number of halogens is 1. The lowest BCUT2D eigenvalue weighted by Crippen LogP contribution is -2.32. The van der Waals surface area contributed by atoms with Crippen LogP contribution in [0.1, 0.15) is 37.3 Å². The summed E-state index contributed by atoms with van der Waals surface area (Å²) in [6, 6.07) is 7.35. The molecule has 0 bridgehead atoms. The van der Waals surface area contributed by atoms with Crippen LogP contribution in [-0.4, -0.2) is 24.3 Å². The molecule has 0 fully saturated rings. The number of alkyl halides is 1. The van der Waals surface area contributed by atoms with Gasteiger partial charge in [0.25, 0.3) is 0 Å². The Balaban J connectivity index is 3.19. The van der Waals surface area contributed by atoms with Crippen molar-refractivity contribution >= 4 is 17.6 Å². The van der Waals surface area contributed by atoms with Gasteiger partial charge in [-0.15, -0.1) is 11.6 Å². The highest BCUT2D eigenvalue weighted by Crippen LogP contribution is 2.33. The summed E-state index contributed by atoms with van der Waals surface area (Å²) in [4.78, 5) is 12.0. The number of hydrogen-bond acceptors (Lipinski definition) is 3. The van der Waals surface area contributed by atoms with Crippen molar-refractivity contribution in [2.24, 2.45) is 0 Å². The van der Waals surface area contributed by atoms with E-state index in [1.807, 2.05) is 24.3 Å². The van der Waals surface area contributed by atoms with Gasteiger partial charge >= 0.3 is 5.97 Å². The van der Waals surface area contributed by atoms with Crippen LogP contribution in [-0.2, 0) is 14.9 Å². The second-order valence-electron chi connectivity index (χ2n) is 4.58. The van der Waals surface area contributed by atoms with Crippen LogP contribution < -0.4 is 0 Å². The first-order chi connectivity index (χ1) is 8.45. The van der Waals surface area contributed by atoms with E-state index in [2.05, 4.69) is 0 Å². The summed E-state index contributed by atoms with van der Waals surface area (Å²) in [5.74, 6) is -0.292. The molecule has 0 aliphatic rings. The summed E-state index contributed by atoms with van der Waals surface area (Å²) in [6.07, 6.45) is 0. The summed E-state index contributed by atoms with van der Waals surface area (Å²) in [5, 5.41) is 8.65. The van der Waals surface area contributed by atoms with E-state index in [1.54, 1.807) is 20.8 Å². The predicted octanol–water partition coefficient (Wildman–Crippen LogP) is 2.80. The summed E-state index contributed by atoms with van der Waals surface area (Å²) in [5.41, 5.74) is 0.770. The number of carbonyl (C=O) groups excluding carboxylic acids is 1. The first kappa shape index (κ1) is 15.0. The molecule has 0 radical (unpaired) electrons. The zero-order valence-electron chi connectivity index (χ0n) is 10.9. The fourth-order valence-corrected chi connectivity index (χ4v) is 2.05. The number of aliphatic hydroxyl groups excluding tert-OH is 1. The molecule has 1 aromatic carbocycles. The molecular weight excluding hydrogens is 252 g/mol. The van der Waals surface area contributed by atoms with Gasteiger partial charge in [0, 0.05) is 0 Å². The Morgan fingerprint density at radius 2 is 2.06 bits per heavy atom. The number of aliphatic hydroxyl groups is 1. The van der Waals surface area contributed by atoms with Crippen molar-refractivity contribution in [1.82, 2.24) is 0 Å². The lowest BCUT2D eigenvalue weighted by atomic mass is 9.81. The van der Waals surface area contributed by atoms with E-state index in [1.165, 1.54) is 0 Å². The van der Waals surface area contributed by atoms with Crippen LogP contribution in [0.5, 0.6) is 0 Å². The SMILES string of the molecule is CCOC(=O)C(C)(C)c1ccccc1C(Cl)CO. The molecule has 0 aromatic heterocycles. The number of hydrogen-bond donors (Lipinski definition) is 1. The van der Waals surface area contributed by atoms with Crippen LogP contribution in [0.3, 0.4) is 0 Å². The second-order valence-corrected chi connectivity index (χ2v) is 5.11. The molecule has 0 saturated heterocycles. The van der Waals surface area contributed by atoms with Gasteiger partial charge in [-0.25, -0.2) is 0 Å². The topological polar surface area (TPSA) is 46.5 Å². The Bertz CT molecular complexity index is 415. The zero-order chi connectivity index (χ0) is 13.8. The summed E-state index contributed by atoms with van der Waals surface area (Å²) < 4.78 is 5.08. The number of carbonyl (C=O) groups is 1. The highest BCUT2D eigenvalue weighted by Gasteiger charge is 2.34. The van der Waals surface area contributed by atoms with Gasteiger partial charge < -0.3 is 9.84 Å². The highest BCUT2D eigenvalue weighted by molar-refractivity contribution is 6.21. The Morgan fingerprint density at radius 3 is 2.61 bits per heavy atom. The predicted molar refractivity (Wildman–Crippen MR) is 71.8 cm³/mol. The maximum Gasteiger partial charge on any atom is 0.315 e. The second kappa shape index (κ2) is 6.21. The van der Waals surface area contributed by atoms with Crippen molar-refractivity contribution in [3.63, 3.8) is 0 Å². The molecular formula is C14H19ClO3. The molecule has 0 aliphatic carbocycles. The third-order valence-electron chi connectivity index (χ3n) is 2.92. The van der Waals surface area contributed by atoms with Crippen molar-refractivity contribution in [3.8, 4) is 0 Å². The van der Waals surface area contributed by atoms with Crippen LogP contribution >= 0.6 is 11.6 Å². The average Bonchev–Trinajstić information content (AvgIpc) is 2.38. The minimum Gasteiger partial charge on any atom is -0.465 e. The van der Waals surface area contributed by atoms with Crippen LogP contribution in [0, 0.1) is 0 Å². The van der Waals surface area contributed by atoms with Gasteiger partial charge in [-0.1, -0.05) is 24.3 Å². The van der Waals surface area contributed by atoms with Crippen molar-refractivity contribution < 1.29 is 14.6 Å². The van der Waals surface area contributed by atoms with Crippen molar-refractivity contribution in [3.05, 3.63) is 35.4 Å². The van der Waals surface area contributed by atoms with E-state index < -0.39 is 10.8 Å². The average molecular weight is 271 g/mol. The first-order valence-corrected chi connectivity index (χ1v) is 6.40. The van der Waals surface area contributed by atoms with Gasteiger partial charge in [-0.3, -0.25) is 4.79 Å². The number of ether oxygens (including phenoxy) is 1. The minimum absolute atomic E-state index is 0.169. The maximum absolute atomic E-state index is 12.0. The summed E-state index contributed by atoms with van der Waals surface area (Å²) in [6.45, 7) is 5.54. The Labute approximate surface area is 113 Å². The standard InChI is InChI=1S/C14H19ClO3/c1-4-18-13(17)14(2,3)11-8-6-5-7-10(11)12(15)9-16/h5-8,12,16H,4,9H2,1-3H3. The molecule has 0 amide bonds. The van der Waals surface area contributed by atoms with Crippen LogP contribution in [0.2, 0.25) is 0 Å². The van der Waals surface area contributed by atoms with E-state index >= 15 is 0 Å². The highest BCUT2D eigenvalue weighted by atomic mass is 35.5. The number of rotatable bonds is 5. The third kappa shape index (κ3) is 3.03. The Morgan fingerprint density at radius 1 is 1.44 bits per heavy atom. The van der Waals surface area contributed by atoms with E-state index in [-0.39, 0.29) is 12.6 Å². The smallest absolute Gasteiger partial charge is 0.315 e. The lowest BCUT2D eigenvalue weighted by molar-refractivity contribution is -0.148. The van der Waals surface area contributed by atoms with Gasteiger partial charge in [0.15, 0.2) is 0 Å². The summed E-state index contributed by atoms with van der Waals surface area (Å²) >= 11 is 6.08. The molecule has 1 atom stereocenters. The Kier molecular flexibility index (Phi) is 5.17.